The molecule has 0 N–H and O–H groups in total. The molecule has 2 aromatic heterocycles. The highest BCUT2D eigenvalue weighted by Crippen LogP contribution is 2.30. The van der Waals surface area contributed by atoms with Crippen LogP contribution in [0, 0.1) is 6.92 Å². The van der Waals surface area contributed by atoms with E-state index in [9.17, 15) is 0 Å². The van der Waals surface area contributed by atoms with E-state index in [-0.39, 0.29) is 11.5 Å². The molecule has 3 heterocycles. The van der Waals surface area contributed by atoms with Crippen molar-refractivity contribution in [2.24, 2.45) is 7.05 Å². The summed E-state index contributed by atoms with van der Waals surface area (Å²) in [6.07, 6.45) is 0.0548. The molecule has 1 aliphatic rings. The monoisotopic (exact) mass is 335 g/mol. The van der Waals surface area contributed by atoms with Gasteiger partial charge in [-0.15, -0.1) is 21.5 Å². The average Bonchev–Trinajstić information content (AvgIpc) is 3.10. The van der Waals surface area contributed by atoms with Gasteiger partial charge in [0.25, 0.3) is 0 Å². The third-order valence-corrected chi connectivity index (χ3v) is 5.20. The van der Waals surface area contributed by atoms with E-state index in [4.69, 9.17) is 9.72 Å². The molecule has 7 heteroatoms. The van der Waals surface area contributed by atoms with Crippen molar-refractivity contribution in [2.45, 2.75) is 45.8 Å². The number of aromatic nitrogens is 4. The maximum absolute atomic E-state index is 5.96. The Bertz CT molecular complexity index is 672. The van der Waals surface area contributed by atoms with Gasteiger partial charge in [0.05, 0.1) is 18.8 Å². The van der Waals surface area contributed by atoms with Crippen molar-refractivity contribution in [1.82, 2.24) is 24.6 Å². The van der Waals surface area contributed by atoms with E-state index in [2.05, 4.69) is 41.2 Å². The Balaban J connectivity index is 1.68. The predicted molar refractivity (Wildman–Crippen MR) is 90.5 cm³/mol. The molecule has 0 unspecified atom stereocenters. The summed E-state index contributed by atoms with van der Waals surface area (Å²) in [6, 6.07) is 0. The standard InChI is InChI=1S/C16H25N5OS/c1-11-18-19-14(20(11)5)9-21-6-7-22-12(8-21)15-17-13(10-23-15)16(2,3)4/h10,12H,6-9H2,1-5H3/t12-/m1/s1. The molecule has 0 spiro atoms. The van der Waals surface area contributed by atoms with Crippen LogP contribution in [0.3, 0.4) is 0 Å². The lowest BCUT2D eigenvalue weighted by Gasteiger charge is -2.31. The molecule has 0 aromatic carbocycles. The van der Waals surface area contributed by atoms with Gasteiger partial charge < -0.3 is 9.30 Å². The van der Waals surface area contributed by atoms with Gasteiger partial charge in [-0.1, -0.05) is 20.8 Å². The molecular formula is C16H25N5OS. The zero-order chi connectivity index (χ0) is 16.6. The van der Waals surface area contributed by atoms with Gasteiger partial charge in [-0.25, -0.2) is 4.98 Å². The van der Waals surface area contributed by atoms with E-state index >= 15 is 0 Å². The molecule has 0 bridgehead atoms. The highest BCUT2D eigenvalue weighted by atomic mass is 32.1. The largest absolute Gasteiger partial charge is 0.368 e. The minimum Gasteiger partial charge on any atom is -0.368 e. The Morgan fingerprint density at radius 2 is 2.13 bits per heavy atom. The molecular weight excluding hydrogens is 310 g/mol. The zero-order valence-corrected chi connectivity index (χ0v) is 15.4. The number of hydrogen-bond donors (Lipinski definition) is 0. The van der Waals surface area contributed by atoms with Crippen LogP contribution in [0.15, 0.2) is 5.38 Å². The summed E-state index contributed by atoms with van der Waals surface area (Å²) in [5.74, 6) is 1.94. The molecule has 6 nitrogen and oxygen atoms in total. The molecule has 0 amide bonds. The van der Waals surface area contributed by atoms with Crippen molar-refractivity contribution in [3.8, 4) is 0 Å². The van der Waals surface area contributed by atoms with Crippen LogP contribution in [0.4, 0.5) is 0 Å². The maximum Gasteiger partial charge on any atom is 0.146 e. The first kappa shape index (κ1) is 16.5. The van der Waals surface area contributed by atoms with Gasteiger partial charge in [-0.05, 0) is 6.92 Å². The van der Waals surface area contributed by atoms with E-state index in [0.717, 1.165) is 48.6 Å². The van der Waals surface area contributed by atoms with Crippen molar-refractivity contribution in [2.75, 3.05) is 19.7 Å². The molecule has 1 saturated heterocycles. The van der Waals surface area contributed by atoms with Crippen LogP contribution in [0.25, 0.3) is 0 Å². The zero-order valence-electron chi connectivity index (χ0n) is 14.5. The molecule has 126 valence electrons. The quantitative estimate of drug-likeness (QED) is 0.862. The average molecular weight is 335 g/mol. The van der Waals surface area contributed by atoms with Gasteiger partial charge in [0.2, 0.25) is 0 Å². The second kappa shape index (κ2) is 6.30. The smallest absolute Gasteiger partial charge is 0.146 e. The molecule has 0 radical (unpaired) electrons. The highest BCUT2D eigenvalue weighted by Gasteiger charge is 2.27. The predicted octanol–water partition coefficient (Wildman–Crippen LogP) is 2.45. The lowest BCUT2D eigenvalue weighted by atomic mass is 9.93. The Morgan fingerprint density at radius 1 is 1.35 bits per heavy atom. The minimum atomic E-state index is 0.0548. The van der Waals surface area contributed by atoms with Gasteiger partial charge in [-0.3, -0.25) is 4.90 Å². The van der Waals surface area contributed by atoms with Crippen LogP contribution in [0.2, 0.25) is 0 Å². The Labute approximate surface area is 141 Å². The molecule has 1 atom stereocenters. The first-order valence-electron chi connectivity index (χ1n) is 7.99. The molecule has 23 heavy (non-hydrogen) atoms. The lowest BCUT2D eigenvalue weighted by Crippen LogP contribution is -2.38. The summed E-state index contributed by atoms with van der Waals surface area (Å²) in [4.78, 5) is 7.17. The number of nitrogens with zero attached hydrogens (tertiary/aromatic N) is 5. The fourth-order valence-electron chi connectivity index (χ4n) is 2.56. The molecule has 2 aromatic rings. The van der Waals surface area contributed by atoms with Crippen LogP contribution >= 0.6 is 11.3 Å². The van der Waals surface area contributed by atoms with Crippen LogP contribution < -0.4 is 0 Å². The molecule has 1 fully saturated rings. The van der Waals surface area contributed by atoms with Gasteiger partial charge >= 0.3 is 0 Å². The summed E-state index contributed by atoms with van der Waals surface area (Å²) >= 11 is 1.70. The summed E-state index contributed by atoms with van der Waals surface area (Å²) in [5, 5.41) is 11.6. The summed E-state index contributed by atoms with van der Waals surface area (Å²) in [6.45, 7) is 11.8. The fourth-order valence-corrected chi connectivity index (χ4v) is 3.65. The number of hydrogen-bond acceptors (Lipinski definition) is 6. The Morgan fingerprint density at radius 3 is 2.74 bits per heavy atom. The number of morpholine rings is 1. The second-order valence-corrected chi connectivity index (χ2v) is 8.03. The van der Waals surface area contributed by atoms with Crippen LogP contribution in [0.5, 0.6) is 0 Å². The maximum atomic E-state index is 5.96. The normalized spacial score (nSPS) is 20.1. The molecule has 3 rings (SSSR count). The van der Waals surface area contributed by atoms with Crippen LogP contribution in [-0.4, -0.2) is 44.3 Å². The van der Waals surface area contributed by atoms with Gasteiger partial charge in [0, 0.05) is 30.9 Å². The number of rotatable bonds is 3. The van der Waals surface area contributed by atoms with Gasteiger partial charge in [-0.2, -0.15) is 0 Å². The van der Waals surface area contributed by atoms with Crippen molar-refractivity contribution < 1.29 is 4.74 Å². The van der Waals surface area contributed by atoms with E-state index in [1.54, 1.807) is 11.3 Å². The Hall–Kier alpha value is -1.31. The van der Waals surface area contributed by atoms with Gasteiger partial charge in [0.1, 0.15) is 22.8 Å². The second-order valence-electron chi connectivity index (χ2n) is 7.14. The van der Waals surface area contributed by atoms with E-state index in [1.165, 1.54) is 0 Å². The van der Waals surface area contributed by atoms with Crippen molar-refractivity contribution >= 4 is 11.3 Å². The molecule has 0 aliphatic carbocycles. The summed E-state index contributed by atoms with van der Waals surface area (Å²) < 4.78 is 8.00. The minimum absolute atomic E-state index is 0.0548. The van der Waals surface area contributed by atoms with Crippen LogP contribution in [-0.2, 0) is 23.7 Å². The highest BCUT2D eigenvalue weighted by molar-refractivity contribution is 7.09. The van der Waals surface area contributed by atoms with Crippen LogP contribution in [0.1, 0.15) is 49.2 Å². The van der Waals surface area contributed by atoms with Crippen molar-refractivity contribution in [1.29, 1.82) is 0 Å². The van der Waals surface area contributed by atoms with E-state index in [1.807, 2.05) is 18.5 Å². The van der Waals surface area contributed by atoms with Crippen molar-refractivity contribution in [3.05, 3.63) is 27.7 Å². The van der Waals surface area contributed by atoms with Crippen molar-refractivity contribution in [3.63, 3.8) is 0 Å². The topological polar surface area (TPSA) is 56.1 Å². The number of aryl methyl sites for hydroxylation is 1. The molecule has 1 aliphatic heterocycles. The first-order valence-corrected chi connectivity index (χ1v) is 8.87. The number of ether oxygens (including phenoxy) is 1. The lowest BCUT2D eigenvalue weighted by molar-refractivity contribution is -0.0341. The third-order valence-electron chi connectivity index (χ3n) is 4.26. The SMILES string of the molecule is Cc1nnc(CN2CCO[C@@H](c3nc(C(C)(C)C)cs3)C2)n1C. The first-order chi connectivity index (χ1) is 10.8. The molecule has 0 saturated carbocycles. The van der Waals surface area contributed by atoms with Gasteiger partial charge in [0.15, 0.2) is 0 Å². The fraction of sp³-hybridized carbons (Fsp3) is 0.688. The summed E-state index contributed by atoms with van der Waals surface area (Å²) in [7, 11) is 2.01. The summed E-state index contributed by atoms with van der Waals surface area (Å²) in [5.41, 5.74) is 1.22. The van der Waals surface area contributed by atoms with E-state index < -0.39 is 0 Å². The third kappa shape index (κ3) is 3.62. The number of thiazole rings is 1. The van der Waals surface area contributed by atoms with E-state index in [0.29, 0.717) is 0 Å². The Kier molecular flexibility index (Phi) is 4.53.